The van der Waals surface area contributed by atoms with Crippen LogP contribution in [0.5, 0.6) is 0 Å². The number of alkyl halides is 2. The highest BCUT2D eigenvalue weighted by Crippen LogP contribution is 2.37. The van der Waals surface area contributed by atoms with Crippen LogP contribution in [0.1, 0.15) is 31.5 Å². The summed E-state index contributed by atoms with van der Waals surface area (Å²) in [5.41, 5.74) is 0.570. The topological polar surface area (TPSA) is 49.6 Å². The fraction of sp³-hybridized carbons (Fsp3) is 0.643. The number of rotatable bonds is 2. The first kappa shape index (κ1) is 13.8. The zero-order valence-electron chi connectivity index (χ0n) is 12.4. The Labute approximate surface area is 126 Å². The second-order valence-corrected chi connectivity index (χ2v) is 6.24. The molecule has 0 radical (unpaired) electrons. The van der Waals surface area contributed by atoms with Gasteiger partial charge >= 0.3 is 0 Å². The van der Waals surface area contributed by atoms with Crippen LogP contribution in [0.25, 0.3) is 5.65 Å². The van der Waals surface area contributed by atoms with Crippen LogP contribution in [0, 0.1) is 0 Å². The summed E-state index contributed by atoms with van der Waals surface area (Å²) in [4.78, 5) is 4.60. The van der Waals surface area contributed by atoms with Crippen LogP contribution in [-0.4, -0.2) is 56.9 Å². The van der Waals surface area contributed by atoms with Crippen LogP contribution >= 0.6 is 0 Å². The van der Waals surface area contributed by atoms with Gasteiger partial charge in [0.1, 0.15) is 5.82 Å². The summed E-state index contributed by atoms with van der Waals surface area (Å²) in [6.07, 6.45) is 0.825. The predicted molar refractivity (Wildman–Crippen MR) is 77.2 cm³/mol. The number of nitrogens with zero attached hydrogens (tertiary/aromatic N) is 6. The molecule has 2 saturated heterocycles. The number of halogens is 2. The van der Waals surface area contributed by atoms with Gasteiger partial charge in [0.15, 0.2) is 5.65 Å². The zero-order valence-corrected chi connectivity index (χ0v) is 12.4. The first-order valence-electron chi connectivity index (χ1n) is 7.56. The van der Waals surface area contributed by atoms with E-state index in [2.05, 4.69) is 32.1 Å². The Morgan fingerprint density at radius 3 is 2.77 bits per heavy atom. The lowest BCUT2D eigenvalue weighted by atomic mass is 9.96. The first-order valence-corrected chi connectivity index (χ1v) is 7.56. The SMILES string of the molecule is CN1CCCC12CCN(c1ccc3nnc(C(F)F)n3n1)C2. The summed E-state index contributed by atoms with van der Waals surface area (Å²) < 4.78 is 27.1. The van der Waals surface area contributed by atoms with Gasteiger partial charge in [0.25, 0.3) is 6.43 Å². The minimum atomic E-state index is -2.68. The molecule has 2 aliphatic heterocycles. The normalized spacial score (nSPS) is 26.1. The van der Waals surface area contributed by atoms with Crippen molar-refractivity contribution in [3.8, 4) is 0 Å². The number of likely N-dealkylation sites (N-methyl/N-ethyl adjacent to an activating group) is 1. The van der Waals surface area contributed by atoms with Gasteiger partial charge in [-0.3, -0.25) is 4.90 Å². The lowest BCUT2D eigenvalue weighted by molar-refractivity contribution is 0.137. The molecule has 1 spiro atoms. The molecule has 0 bridgehead atoms. The highest BCUT2D eigenvalue weighted by atomic mass is 19.3. The van der Waals surface area contributed by atoms with Gasteiger partial charge in [-0.2, -0.15) is 4.52 Å². The van der Waals surface area contributed by atoms with Crippen LogP contribution in [-0.2, 0) is 0 Å². The van der Waals surface area contributed by atoms with Crippen molar-refractivity contribution in [2.75, 3.05) is 31.6 Å². The number of hydrogen-bond acceptors (Lipinski definition) is 5. The number of hydrogen-bond donors (Lipinski definition) is 0. The Kier molecular flexibility index (Phi) is 3.04. The Bertz CT molecular complexity index is 702. The smallest absolute Gasteiger partial charge is 0.299 e. The quantitative estimate of drug-likeness (QED) is 0.846. The Balaban J connectivity index is 1.66. The summed E-state index contributed by atoms with van der Waals surface area (Å²) >= 11 is 0. The minimum absolute atomic E-state index is 0.218. The van der Waals surface area contributed by atoms with E-state index in [1.165, 1.54) is 12.8 Å². The number of anilines is 1. The van der Waals surface area contributed by atoms with Crippen LogP contribution in [0.2, 0.25) is 0 Å². The molecule has 22 heavy (non-hydrogen) atoms. The van der Waals surface area contributed by atoms with Gasteiger partial charge in [-0.1, -0.05) is 0 Å². The van der Waals surface area contributed by atoms with Gasteiger partial charge < -0.3 is 4.90 Å². The number of fused-ring (bicyclic) bond motifs is 1. The maximum atomic E-state index is 12.9. The molecule has 0 aliphatic carbocycles. The van der Waals surface area contributed by atoms with E-state index in [9.17, 15) is 8.78 Å². The molecule has 2 aromatic heterocycles. The maximum absolute atomic E-state index is 12.9. The maximum Gasteiger partial charge on any atom is 0.299 e. The van der Waals surface area contributed by atoms with E-state index in [1.54, 1.807) is 6.07 Å². The van der Waals surface area contributed by atoms with E-state index in [0.29, 0.717) is 11.5 Å². The summed E-state index contributed by atoms with van der Waals surface area (Å²) in [5, 5.41) is 11.6. The predicted octanol–water partition coefficient (Wildman–Crippen LogP) is 1.74. The van der Waals surface area contributed by atoms with E-state index < -0.39 is 12.2 Å². The van der Waals surface area contributed by atoms with Gasteiger partial charge in [-0.25, -0.2) is 8.78 Å². The molecule has 8 heteroatoms. The number of aromatic nitrogens is 4. The molecule has 0 aromatic carbocycles. The fourth-order valence-corrected chi connectivity index (χ4v) is 3.74. The second-order valence-electron chi connectivity index (χ2n) is 6.24. The molecule has 118 valence electrons. The van der Waals surface area contributed by atoms with Crippen molar-refractivity contribution in [2.24, 2.45) is 0 Å². The molecule has 4 heterocycles. The van der Waals surface area contributed by atoms with E-state index in [1.807, 2.05) is 6.07 Å². The van der Waals surface area contributed by atoms with Gasteiger partial charge in [0.2, 0.25) is 5.82 Å². The highest BCUT2D eigenvalue weighted by molar-refractivity contribution is 5.47. The Morgan fingerprint density at radius 2 is 2.05 bits per heavy atom. The van der Waals surface area contributed by atoms with Crippen molar-refractivity contribution in [2.45, 2.75) is 31.2 Å². The third kappa shape index (κ3) is 1.97. The molecular formula is C14H18F2N6. The van der Waals surface area contributed by atoms with Crippen LogP contribution in [0.4, 0.5) is 14.6 Å². The third-order valence-electron chi connectivity index (χ3n) is 5.07. The minimum Gasteiger partial charge on any atom is -0.353 e. The van der Waals surface area contributed by atoms with Crippen molar-refractivity contribution < 1.29 is 8.78 Å². The monoisotopic (exact) mass is 308 g/mol. The molecule has 0 saturated carbocycles. The van der Waals surface area contributed by atoms with Gasteiger partial charge in [-0.15, -0.1) is 15.3 Å². The lowest BCUT2D eigenvalue weighted by Gasteiger charge is -2.32. The fourth-order valence-electron chi connectivity index (χ4n) is 3.74. The Hall–Kier alpha value is -1.83. The summed E-state index contributed by atoms with van der Waals surface area (Å²) in [5.74, 6) is 0.315. The van der Waals surface area contributed by atoms with E-state index in [-0.39, 0.29) is 5.54 Å². The average Bonchev–Trinajstić information content (AvgIpc) is 3.19. The van der Waals surface area contributed by atoms with Crippen molar-refractivity contribution >= 4 is 11.5 Å². The van der Waals surface area contributed by atoms with E-state index >= 15 is 0 Å². The summed E-state index contributed by atoms with van der Waals surface area (Å²) in [7, 11) is 2.17. The van der Waals surface area contributed by atoms with E-state index in [0.717, 1.165) is 30.6 Å². The van der Waals surface area contributed by atoms with Crippen LogP contribution in [0.3, 0.4) is 0 Å². The molecule has 0 amide bonds. The second kappa shape index (κ2) is 4.84. The summed E-state index contributed by atoms with van der Waals surface area (Å²) in [6.45, 7) is 2.92. The molecule has 6 nitrogen and oxygen atoms in total. The largest absolute Gasteiger partial charge is 0.353 e. The van der Waals surface area contributed by atoms with Crippen LogP contribution in [0.15, 0.2) is 12.1 Å². The van der Waals surface area contributed by atoms with Gasteiger partial charge in [0, 0.05) is 18.6 Å². The molecule has 0 N–H and O–H groups in total. The molecule has 1 atom stereocenters. The molecule has 2 fully saturated rings. The molecule has 2 aliphatic rings. The number of likely N-dealkylation sites (tertiary alicyclic amines) is 1. The first-order chi connectivity index (χ1) is 10.6. The zero-order chi connectivity index (χ0) is 15.3. The molecule has 1 unspecified atom stereocenters. The van der Waals surface area contributed by atoms with Crippen molar-refractivity contribution in [3.63, 3.8) is 0 Å². The average molecular weight is 308 g/mol. The lowest BCUT2D eigenvalue weighted by Crippen LogP contribution is -2.43. The van der Waals surface area contributed by atoms with E-state index in [4.69, 9.17) is 0 Å². The van der Waals surface area contributed by atoms with Crippen LogP contribution < -0.4 is 4.90 Å². The molecular weight excluding hydrogens is 290 g/mol. The molecule has 2 aromatic rings. The van der Waals surface area contributed by atoms with Crippen molar-refractivity contribution in [3.05, 3.63) is 18.0 Å². The van der Waals surface area contributed by atoms with Crippen molar-refractivity contribution in [1.82, 2.24) is 24.7 Å². The van der Waals surface area contributed by atoms with Gasteiger partial charge in [0.05, 0.1) is 0 Å². The van der Waals surface area contributed by atoms with Crippen molar-refractivity contribution in [1.29, 1.82) is 0 Å². The Morgan fingerprint density at radius 1 is 1.18 bits per heavy atom. The standard InChI is InChI=1S/C14H18F2N6/c1-20-7-2-5-14(20)6-8-21(9-14)11-4-3-10-17-18-13(12(15)16)22(10)19-11/h3-4,12H,2,5-9H2,1H3. The van der Waals surface area contributed by atoms with Gasteiger partial charge in [-0.05, 0) is 45.0 Å². The summed E-state index contributed by atoms with van der Waals surface area (Å²) in [6, 6.07) is 3.54. The third-order valence-corrected chi connectivity index (χ3v) is 5.07. The molecule has 4 rings (SSSR count). The highest BCUT2D eigenvalue weighted by Gasteiger charge is 2.44.